The predicted octanol–water partition coefficient (Wildman–Crippen LogP) is 2.21. The molecule has 1 saturated carbocycles. The van der Waals surface area contributed by atoms with Gasteiger partial charge >= 0.3 is 0 Å². The average molecular weight is 282 g/mol. The Kier molecular flexibility index (Phi) is 3.74. The number of benzene rings is 1. The molecule has 0 saturated heterocycles. The lowest BCUT2D eigenvalue weighted by Crippen LogP contribution is -2.45. The number of carbonyl (C=O) groups excluding carboxylic acids is 2. The molecule has 0 bridgehead atoms. The van der Waals surface area contributed by atoms with Crippen LogP contribution in [0.15, 0.2) is 18.2 Å². The Morgan fingerprint density at radius 3 is 2.35 bits per heavy atom. The van der Waals surface area contributed by atoms with Gasteiger partial charge in [-0.1, -0.05) is 0 Å². The van der Waals surface area contributed by atoms with Crippen LogP contribution in [0.25, 0.3) is 0 Å². The highest BCUT2D eigenvalue weighted by atomic mass is 19.2. The summed E-state index contributed by atoms with van der Waals surface area (Å²) in [6.07, 6.45) is 1.85. The van der Waals surface area contributed by atoms with Gasteiger partial charge in [-0.25, -0.2) is 8.78 Å². The molecule has 0 atom stereocenters. The zero-order valence-corrected chi connectivity index (χ0v) is 11.3. The van der Waals surface area contributed by atoms with E-state index in [-0.39, 0.29) is 17.6 Å². The second-order valence-electron chi connectivity index (χ2n) is 5.46. The lowest BCUT2D eigenvalue weighted by Gasteiger charge is -2.22. The molecule has 0 spiro atoms. The highest BCUT2D eigenvalue weighted by molar-refractivity contribution is 6.09. The lowest BCUT2D eigenvalue weighted by molar-refractivity contribution is -0.138. The second kappa shape index (κ2) is 5.19. The largest absolute Gasteiger partial charge is 0.352 e. The molecule has 0 aliphatic heterocycles. The molecule has 1 fully saturated rings. The molecule has 0 aromatic heterocycles. The Bertz CT molecular complexity index is 554. The van der Waals surface area contributed by atoms with E-state index in [1.807, 2.05) is 0 Å². The zero-order valence-electron chi connectivity index (χ0n) is 11.3. The molecule has 1 aromatic carbocycles. The quantitative estimate of drug-likeness (QED) is 0.832. The van der Waals surface area contributed by atoms with E-state index >= 15 is 0 Å². The van der Waals surface area contributed by atoms with Gasteiger partial charge < -0.3 is 10.6 Å². The van der Waals surface area contributed by atoms with Crippen LogP contribution in [0, 0.1) is 17.0 Å². The minimum absolute atomic E-state index is 0.112. The number of amides is 2. The van der Waals surface area contributed by atoms with Crippen LogP contribution in [-0.4, -0.2) is 17.9 Å². The lowest BCUT2D eigenvalue weighted by atomic mass is 9.91. The smallest absolute Gasteiger partial charge is 0.239 e. The SMILES string of the molecule is CC(C)(C(=O)Nc1ccc(F)c(F)c1)C(=O)NC1CC1. The van der Waals surface area contributed by atoms with Crippen LogP contribution in [0.4, 0.5) is 14.5 Å². The van der Waals surface area contributed by atoms with Crippen LogP contribution in [0.3, 0.4) is 0 Å². The summed E-state index contributed by atoms with van der Waals surface area (Å²) in [6.45, 7) is 2.97. The van der Waals surface area contributed by atoms with Gasteiger partial charge in [-0.3, -0.25) is 9.59 Å². The van der Waals surface area contributed by atoms with Crippen LogP contribution in [-0.2, 0) is 9.59 Å². The van der Waals surface area contributed by atoms with Crippen molar-refractivity contribution in [3.05, 3.63) is 29.8 Å². The van der Waals surface area contributed by atoms with Crippen molar-refractivity contribution in [2.45, 2.75) is 32.7 Å². The monoisotopic (exact) mass is 282 g/mol. The molecule has 1 aliphatic carbocycles. The number of hydrogen-bond donors (Lipinski definition) is 2. The van der Waals surface area contributed by atoms with Gasteiger partial charge in [0.1, 0.15) is 5.41 Å². The predicted molar refractivity (Wildman–Crippen MR) is 69.9 cm³/mol. The average Bonchev–Trinajstić information content (AvgIpc) is 3.17. The van der Waals surface area contributed by atoms with Gasteiger partial charge in [-0.2, -0.15) is 0 Å². The third kappa shape index (κ3) is 3.12. The summed E-state index contributed by atoms with van der Waals surface area (Å²) < 4.78 is 25.9. The number of rotatable bonds is 4. The molecular weight excluding hydrogens is 266 g/mol. The summed E-state index contributed by atoms with van der Waals surface area (Å²) in [5.74, 6) is -2.99. The fourth-order valence-corrected chi connectivity index (χ4v) is 1.56. The Morgan fingerprint density at radius 1 is 1.15 bits per heavy atom. The number of hydrogen-bond acceptors (Lipinski definition) is 2. The first-order valence-electron chi connectivity index (χ1n) is 6.38. The van der Waals surface area contributed by atoms with E-state index in [1.54, 1.807) is 0 Å². The van der Waals surface area contributed by atoms with Gasteiger partial charge in [-0.15, -0.1) is 0 Å². The van der Waals surface area contributed by atoms with Crippen molar-refractivity contribution in [2.75, 3.05) is 5.32 Å². The molecule has 1 aromatic rings. The first-order valence-corrected chi connectivity index (χ1v) is 6.38. The number of anilines is 1. The fraction of sp³-hybridized carbons (Fsp3) is 0.429. The normalized spacial score (nSPS) is 14.8. The topological polar surface area (TPSA) is 58.2 Å². The summed E-state index contributed by atoms with van der Waals surface area (Å²) in [5, 5.41) is 5.17. The van der Waals surface area contributed by atoms with Gasteiger partial charge in [0.15, 0.2) is 11.6 Å². The van der Waals surface area contributed by atoms with Crippen molar-refractivity contribution >= 4 is 17.5 Å². The molecule has 2 amide bonds. The maximum Gasteiger partial charge on any atom is 0.239 e. The highest BCUT2D eigenvalue weighted by Gasteiger charge is 2.38. The Morgan fingerprint density at radius 2 is 1.80 bits per heavy atom. The molecule has 0 unspecified atom stereocenters. The van der Waals surface area contributed by atoms with Crippen molar-refractivity contribution in [1.82, 2.24) is 5.32 Å². The summed E-state index contributed by atoms with van der Waals surface area (Å²) in [7, 11) is 0. The van der Waals surface area contributed by atoms with Crippen LogP contribution < -0.4 is 10.6 Å². The van der Waals surface area contributed by atoms with E-state index in [2.05, 4.69) is 10.6 Å². The maximum atomic E-state index is 13.1. The molecule has 20 heavy (non-hydrogen) atoms. The van der Waals surface area contributed by atoms with Crippen molar-refractivity contribution in [3.8, 4) is 0 Å². The minimum atomic E-state index is -1.28. The summed E-state index contributed by atoms with van der Waals surface area (Å²) in [5.41, 5.74) is -1.17. The maximum absolute atomic E-state index is 13.1. The van der Waals surface area contributed by atoms with Gasteiger partial charge in [-0.05, 0) is 38.8 Å². The molecule has 2 rings (SSSR count). The zero-order chi connectivity index (χ0) is 14.9. The number of carbonyl (C=O) groups is 2. The van der Waals surface area contributed by atoms with Crippen LogP contribution in [0.5, 0.6) is 0 Å². The van der Waals surface area contributed by atoms with Crippen molar-refractivity contribution in [2.24, 2.45) is 5.41 Å². The van der Waals surface area contributed by atoms with E-state index in [0.29, 0.717) is 0 Å². The second-order valence-corrected chi connectivity index (χ2v) is 5.46. The molecular formula is C14H16F2N2O2. The van der Waals surface area contributed by atoms with E-state index in [0.717, 1.165) is 25.0 Å². The summed E-state index contributed by atoms with van der Waals surface area (Å²) in [6, 6.07) is 3.19. The van der Waals surface area contributed by atoms with E-state index in [1.165, 1.54) is 19.9 Å². The Balaban J connectivity index is 2.05. The molecule has 1 aliphatic rings. The number of nitrogens with one attached hydrogen (secondary N) is 2. The Hall–Kier alpha value is -1.98. The van der Waals surface area contributed by atoms with Crippen molar-refractivity contribution in [3.63, 3.8) is 0 Å². The Labute approximate surface area is 115 Å². The molecule has 0 radical (unpaired) electrons. The first-order chi connectivity index (χ1) is 9.30. The summed E-state index contributed by atoms with van der Waals surface area (Å²) >= 11 is 0. The third-order valence-corrected chi connectivity index (χ3v) is 3.23. The minimum Gasteiger partial charge on any atom is -0.352 e. The molecule has 6 heteroatoms. The van der Waals surface area contributed by atoms with E-state index in [9.17, 15) is 18.4 Å². The van der Waals surface area contributed by atoms with Gasteiger partial charge in [0.25, 0.3) is 0 Å². The third-order valence-electron chi connectivity index (χ3n) is 3.23. The van der Waals surface area contributed by atoms with Gasteiger partial charge in [0.05, 0.1) is 0 Å². The van der Waals surface area contributed by atoms with Crippen LogP contribution >= 0.6 is 0 Å². The van der Waals surface area contributed by atoms with Crippen molar-refractivity contribution in [1.29, 1.82) is 0 Å². The van der Waals surface area contributed by atoms with E-state index < -0.39 is 23.0 Å². The standard InChI is InChI=1S/C14H16F2N2O2/c1-14(2,12(19)17-8-3-4-8)13(20)18-9-5-6-10(15)11(16)7-9/h5-8H,3-4H2,1-2H3,(H,17,19)(H,18,20). The molecule has 108 valence electrons. The first kappa shape index (κ1) is 14.4. The molecule has 4 nitrogen and oxygen atoms in total. The van der Waals surface area contributed by atoms with Gasteiger partial charge in [0.2, 0.25) is 11.8 Å². The number of halogens is 2. The van der Waals surface area contributed by atoms with Crippen LogP contribution in [0.2, 0.25) is 0 Å². The van der Waals surface area contributed by atoms with E-state index in [4.69, 9.17) is 0 Å². The van der Waals surface area contributed by atoms with Crippen molar-refractivity contribution < 1.29 is 18.4 Å². The van der Waals surface area contributed by atoms with Crippen LogP contribution in [0.1, 0.15) is 26.7 Å². The van der Waals surface area contributed by atoms with Gasteiger partial charge in [0, 0.05) is 17.8 Å². The highest BCUT2D eigenvalue weighted by Crippen LogP contribution is 2.24. The summed E-state index contributed by atoms with van der Waals surface area (Å²) in [4.78, 5) is 24.0. The molecule has 2 N–H and O–H groups in total. The molecule has 0 heterocycles. The fourth-order valence-electron chi connectivity index (χ4n) is 1.56.